The van der Waals surface area contributed by atoms with E-state index in [4.69, 9.17) is 5.11 Å². The van der Waals surface area contributed by atoms with E-state index in [2.05, 4.69) is 5.32 Å². The second-order valence-electron chi connectivity index (χ2n) is 3.54. The topological polar surface area (TPSA) is 52.6 Å². The smallest absolute Gasteiger partial charge is 0.248 e. The molecule has 1 saturated heterocycles. The van der Waals surface area contributed by atoms with Crippen molar-refractivity contribution >= 4 is 5.91 Å². The molecular formula is C11H24N2O2. The Balaban J connectivity index is 0.000000921. The van der Waals surface area contributed by atoms with Crippen LogP contribution >= 0.6 is 0 Å². The summed E-state index contributed by atoms with van der Waals surface area (Å²) in [5.74, 6) is 0.552. The zero-order valence-electron chi connectivity index (χ0n) is 10.1. The fourth-order valence-corrected chi connectivity index (χ4v) is 1.78. The average Bonchev–Trinajstić information content (AvgIpc) is 2.32. The van der Waals surface area contributed by atoms with E-state index in [0.29, 0.717) is 5.92 Å². The van der Waals surface area contributed by atoms with Crippen LogP contribution < -0.4 is 5.32 Å². The molecule has 1 aliphatic heterocycles. The summed E-state index contributed by atoms with van der Waals surface area (Å²) in [6, 6.07) is 0. The third kappa shape index (κ3) is 5.14. The van der Waals surface area contributed by atoms with Crippen LogP contribution in [0.5, 0.6) is 0 Å². The number of aliphatic hydroxyl groups is 1. The van der Waals surface area contributed by atoms with E-state index in [0.717, 1.165) is 32.5 Å². The minimum Gasteiger partial charge on any atom is -0.387 e. The van der Waals surface area contributed by atoms with Gasteiger partial charge in [-0.15, -0.1) is 0 Å². The third-order valence-electron chi connectivity index (χ3n) is 2.60. The number of hydrogen-bond acceptors (Lipinski definition) is 3. The number of likely N-dealkylation sites (tertiary alicyclic amines) is 1. The molecule has 1 aliphatic rings. The lowest BCUT2D eigenvalue weighted by atomic mass is 9.97. The summed E-state index contributed by atoms with van der Waals surface area (Å²) in [7, 11) is 1.95. The molecule has 0 saturated carbocycles. The molecule has 0 aromatic rings. The molecule has 1 rings (SSSR count). The SMILES string of the molecule is CC.CNCC1CCN(C(=O)CO)CC1. The van der Waals surface area contributed by atoms with E-state index in [1.807, 2.05) is 20.9 Å². The number of rotatable bonds is 3. The van der Waals surface area contributed by atoms with E-state index in [1.54, 1.807) is 4.90 Å². The molecule has 1 amide bonds. The number of carbonyl (C=O) groups excluding carboxylic acids is 1. The standard InChI is InChI=1S/C9H18N2O2.C2H6/c1-10-6-8-2-4-11(5-3-8)9(13)7-12;1-2/h8,10,12H,2-7H2,1H3;1-2H3. The molecule has 4 heteroatoms. The first-order chi connectivity index (χ1) is 7.27. The summed E-state index contributed by atoms with van der Waals surface area (Å²) in [4.78, 5) is 12.8. The van der Waals surface area contributed by atoms with Crippen molar-refractivity contribution in [2.75, 3.05) is 33.3 Å². The van der Waals surface area contributed by atoms with E-state index < -0.39 is 0 Å². The van der Waals surface area contributed by atoms with Crippen LogP contribution in [0.4, 0.5) is 0 Å². The van der Waals surface area contributed by atoms with Gasteiger partial charge in [0.1, 0.15) is 6.61 Å². The maximum atomic E-state index is 11.1. The van der Waals surface area contributed by atoms with E-state index in [-0.39, 0.29) is 12.5 Å². The Morgan fingerprint density at radius 2 is 1.93 bits per heavy atom. The lowest BCUT2D eigenvalue weighted by molar-refractivity contribution is -0.135. The first kappa shape index (κ1) is 14.4. The van der Waals surface area contributed by atoms with Gasteiger partial charge in [0.25, 0.3) is 0 Å². The van der Waals surface area contributed by atoms with Crippen molar-refractivity contribution < 1.29 is 9.90 Å². The zero-order chi connectivity index (χ0) is 11.7. The molecule has 0 spiro atoms. The summed E-state index contributed by atoms with van der Waals surface area (Å²) in [5, 5.41) is 11.8. The van der Waals surface area contributed by atoms with Gasteiger partial charge in [0, 0.05) is 13.1 Å². The Kier molecular flexibility index (Phi) is 8.33. The number of nitrogens with one attached hydrogen (secondary N) is 1. The Morgan fingerprint density at radius 1 is 1.40 bits per heavy atom. The van der Waals surface area contributed by atoms with Gasteiger partial charge in [-0.2, -0.15) is 0 Å². The number of piperidine rings is 1. The average molecular weight is 216 g/mol. The van der Waals surface area contributed by atoms with Crippen LogP contribution in [0.2, 0.25) is 0 Å². The molecule has 0 bridgehead atoms. The fraction of sp³-hybridized carbons (Fsp3) is 0.909. The van der Waals surface area contributed by atoms with E-state index in [9.17, 15) is 4.79 Å². The molecule has 0 aromatic heterocycles. The van der Waals surface area contributed by atoms with Gasteiger partial charge in [-0.3, -0.25) is 4.79 Å². The summed E-state index contributed by atoms with van der Waals surface area (Å²) in [5.41, 5.74) is 0. The minimum absolute atomic E-state index is 0.136. The van der Waals surface area contributed by atoms with Crippen LogP contribution in [-0.4, -0.2) is 49.2 Å². The molecular weight excluding hydrogens is 192 g/mol. The fourth-order valence-electron chi connectivity index (χ4n) is 1.78. The Bertz CT molecular complexity index is 166. The highest BCUT2D eigenvalue weighted by atomic mass is 16.3. The molecule has 0 unspecified atom stereocenters. The normalized spacial score (nSPS) is 16.9. The molecule has 15 heavy (non-hydrogen) atoms. The van der Waals surface area contributed by atoms with E-state index >= 15 is 0 Å². The monoisotopic (exact) mass is 216 g/mol. The van der Waals surface area contributed by atoms with Gasteiger partial charge in [0.2, 0.25) is 5.91 Å². The molecule has 0 radical (unpaired) electrons. The van der Waals surface area contributed by atoms with Gasteiger partial charge in [0.05, 0.1) is 0 Å². The van der Waals surface area contributed by atoms with Crippen molar-refractivity contribution in [2.45, 2.75) is 26.7 Å². The molecule has 2 N–H and O–H groups in total. The predicted molar refractivity (Wildman–Crippen MR) is 61.7 cm³/mol. The van der Waals surface area contributed by atoms with E-state index in [1.165, 1.54) is 0 Å². The maximum absolute atomic E-state index is 11.1. The molecule has 90 valence electrons. The van der Waals surface area contributed by atoms with Crippen molar-refractivity contribution in [2.24, 2.45) is 5.92 Å². The second kappa shape index (κ2) is 8.68. The molecule has 0 aromatic carbocycles. The van der Waals surface area contributed by atoms with Crippen LogP contribution in [0.1, 0.15) is 26.7 Å². The van der Waals surface area contributed by atoms with Gasteiger partial charge in [-0.1, -0.05) is 13.8 Å². The number of hydrogen-bond donors (Lipinski definition) is 2. The van der Waals surface area contributed by atoms with Crippen LogP contribution in [0, 0.1) is 5.92 Å². The Morgan fingerprint density at radius 3 is 2.33 bits per heavy atom. The maximum Gasteiger partial charge on any atom is 0.248 e. The summed E-state index contributed by atoms with van der Waals surface area (Å²) < 4.78 is 0. The van der Waals surface area contributed by atoms with Crippen molar-refractivity contribution in [3.05, 3.63) is 0 Å². The molecule has 1 fully saturated rings. The largest absolute Gasteiger partial charge is 0.387 e. The van der Waals surface area contributed by atoms with Crippen LogP contribution in [0.15, 0.2) is 0 Å². The molecule has 0 aliphatic carbocycles. The minimum atomic E-state index is -0.351. The number of amides is 1. The highest BCUT2D eigenvalue weighted by Gasteiger charge is 2.21. The second-order valence-corrected chi connectivity index (χ2v) is 3.54. The van der Waals surface area contributed by atoms with Crippen LogP contribution in [-0.2, 0) is 4.79 Å². The van der Waals surface area contributed by atoms with Gasteiger partial charge < -0.3 is 15.3 Å². The number of carbonyl (C=O) groups is 1. The molecule has 1 heterocycles. The Hall–Kier alpha value is -0.610. The molecule has 4 nitrogen and oxygen atoms in total. The van der Waals surface area contributed by atoms with Crippen molar-refractivity contribution in [3.8, 4) is 0 Å². The highest BCUT2D eigenvalue weighted by molar-refractivity contribution is 5.77. The van der Waals surface area contributed by atoms with Gasteiger partial charge in [0.15, 0.2) is 0 Å². The highest BCUT2D eigenvalue weighted by Crippen LogP contribution is 2.15. The Labute approximate surface area is 92.7 Å². The van der Waals surface area contributed by atoms with Crippen LogP contribution in [0.25, 0.3) is 0 Å². The third-order valence-corrected chi connectivity index (χ3v) is 2.60. The lowest BCUT2D eigenvalue weighted by Gasteiger charge is -2.31. The number of nitrogens with zero attached hydrogens (tertiary/aromatic N) is 1. The summed E-state index contributed by atoms with van der Waals surface area (Å²) in [6.07, 6.45) is 2.10. The summed E-state index contributed by atoms with van der Waals surface area (Å²) in [6.45, 7) is 6.27. The predicted octanol–water partition coefficient (Wildman–Crippen LogP) is 0.463. The quantitative estimate of drug-likeness (QED) is 0.721. The van der Waals surface area contributed by atoms with Gasteiger partial charge in [-0.25, -0.2) is 0 Å². The van der Waals surface area contributed by atoms with Crippen LogP contribution in [0.3, 0.4) is 0 Å². The van der Waals surface area contributed by atoms with Gasteiger partial charge >= 0.3 is 0 Å². The first-order valence-electron chi connectivity index (χ1n) is 5.81. The lowest BCUT2D eigenvalue weighted by Crippen LogP contribution is -2.41. The summed E-state index contributed by atoms with van der Waals surface area (Å²) >= 11 is 0. The zero-order valence-corrected chi connectivity index (χ0v) is 10.1. The van der Waals surface area contributed by atoms with Crippen molar-refractivity contribution in [3.63, 3.8) is 0 Å². The molecule has 0 atom stereocenters. The van der Waals surface area contributed by atoms with Crippen molar-refractivity contribution in [1.82, 2.24) is 10.2 Å². The first-order valence-corrected chi connectivity index (χ1v) is 5.81. The van der Waals surface area contributed by atoms with Crippen molar-refractivity contribution in [1.29, 1.82) is 0 Å². The van der Waals surface area contributed by atoms with Gasteiger partial charge in [-0.05, 0) is 32.4 Å². The number of aliphatic hydroxyl groups excluding tert-OH is 1.